The van der Waals surface area contributed by atoms with E-state index < -0.39 is 5.82 Å². The van der Waals surface area contributed by atoms with Gasteiger partial charge >= 0.3 is 6.01 Å². The normalized spacial score (nSPS) is 19.5. The summed E-state index contributed by atoms with van der Waals surface area (Å²) in [5.41, 5.74) is 0.404. The number of fused-ring (bicyclic) bond motifs is 3. The van der Waals surface area contributed by atoms with Crippen LogP contribution in [-0.2, 0) is 4.79 Å². The van der Waals surface area contributed by atoms with E-state index in [4.69, 9.17) is 21.3 Å². The van der Waals surface area contributed by atoms with Crippen LogP contribution in [0.2, 0.25) is 5.02 Å². The van der Waals surface area contributed by atoms with Gasteiger partial charge in [-0.15, -0.1) is 0 Å². The van der Waals surface area contributed by atoms with E-state index in [0.29, 0.717) is 52.3 Å². The van der Waals surface area contributed by atoms with Crippen molar-refractivity contribution in [2.24, 2.45) is 0 Å². The second kappa shape index (κ2) is 11.2. The van der Waals surface area contributed by atoms with E-state index in [1.807, 2.05) is 11.9 Å². The molecule has 11 heteroatoms. The molecule has 7 rings (SSSR count). The molecule has 2 aromatic carbocycles. The number of amides is 1. The predicted octanol–water partition coefficient (Wildman–Crippen LogP) is 5.57. The maximum absolute atomic E-state index is 16.7. The Morgan fingerprint density at radius 3 is 2.82 bits per heavy atom. The summed E-state index contributed by atoms with van der Waals surface area (Å²) < 4.78 is 23.0. The van der Waals surface area contributed by atoms with Crippen LogP contribution in [0.5, 0.6) is 11.8 Å². The summed E-state index contributed by atoms with van der Waals surface area (Å²) in [5, 5.41) is 12.6. The Morgan fingerprint density at radius 1 is 1.25 bits per heavy atom. The maximum Gasteiger partial charge on any atom is 0.319 e. The SMILES string of the molecule is C=CC(=O)N1CCC(N(C)c2nc(OCC34CCCN3CCC4)nc3c(F)c(-c4cc(O)cc5cccc(Cl)c45)ncc23)C1. The van der Waals surface area contributed by atoms with Gasteiger partial charge in [0.25, 0.3) is 0 Å². The third kappa shape index (κ3) is 4.80. The van der Waals surface area contributed by atoms with Crippen molar-refractivity contribution in [1.29, 1.82) is 0 Å². The second-order valence-corrected chi connectivity index (χ2v) is 12.5. The second-order valence-electron chi connectivity index (χ2n) is 12.1. The minimum atomic E-state index is -0.660. The highest BCUT2D eigenvalue weighted by Crippen LogP contribution is 2.41. The number of hydrogen-bond donors (Lipinski definition) is 1. The number of carbonyl (C=O) groups is 1. The molecular formula is C33H34ClFN6O3. The van der Waals surface area contributed by atoms with Crippen molar-refractivity contribution in [2.45, 2.75) is 43.7 Å². The average Bonchev–Trinajstić information content (AvgIpc) is 3.76. The molecule has 1 atom stereocenters. The van der Waals surface area contributed by atoms with Crippen LogP contribution in [0.25, 0.3) is 32.9 Å². The largest absolute Gasteiger partial charge is 0.508 e. The van der Waals surface area contributed by atoms with Gasteiger partial charge in [-0.05, 0) is 74.9 Å². The van der Waals surface area contributed by atoms with Gasteiger partial charge in [-0.1, -0.05) is 30.3 Å². The molecule has 2 aromatic heterocycles. The van der Waals surface area contributed by atoms with Crippen molar-refractivity contribution in [3.8, 4) is 23.0 Å². The Bertz CT molecular complexity index is 1790. The van der Waals surface area contributed by atoms with E-state index in [9.17, 15) is 9.90 Å². The van der Waals surface area contributed by atoms with Crippen LogP contribution in [0, 0.1) is 5.82 Å². The molecule has 0 radical (unpaired) electrons. The molecule has 9 nitrogen and oxygen atoms in total. The molecule has 1 unspecified atom stereocenters. The number of hydrogen-bond acceptors (Lipinski definition) is 8. The van der Waals surface area contributed by atoms with Crippen molar-refractivity contribution in [1.82, 2.24) is 24.8 Å². The Morgan fingerprint density at radius 2 is 2.05 bits per heavy atom. The zero-order valence-corrected chi connectivity index (χ0v) is 25.4. The third-order valence-corrected chi connectivity index (χ3v) is 9.94. The lowest BCUT2D eigenvalue weighted by molar-refractivity contribution is -0.125. The van der Waals surface area contributed by atoms with Crippen molar-refractivity contribution < 1.29 is 19.0 Å². The molecule has 3 fully saturated rings. The summed E-state index contributed by atoms with van der Waals surface area (Å²) in [6.07, 6.45) is 7.96. The number of anilines is 1. The van der Waals surface area contributed by atoms with E-state index in [0.717, 1.165) is 45.2 Å². The van der Waals surface area contributed by atoms with Crippen molar-refractivity contribution >= 4 is 45.0 Å². The van der Waals surface area contributed by atoms with Crippen molar-refractivity contribution in [2.75, 3.05) is 44.7 Å². The van der Waals surface area contributed by atoms with Gasteiger partial charge in [-0.2, -0.15) is 9.97 Å². The fourth-order valence-corrected chi connectivity index (χ4v) is 7.60. The number of likely N-dealkylation sites (N-methyl/N-ethyl adjacent to an activating group) is 1. The number of likely N-dealkylation sites (tertiary alicyclic amines) is 1. The molecular weight excluding hydrogens is 583 g/mol. The lowest BCUT2D eigenvalue weighted by Gasteiger charge is -2.31. The van der Waals surface area contributed by atoms with Crippen molar-refractivity contribution in [3.05, 3.63) is 60.0 Å². The van der Waals surface area contributed by atoms with E-state index in [1.54, 1.807) is 35.4 Å². The van der Waals surface area contributed by atoms with Gasteiger partial charge in [0.1, 0.15) is 29.4 Å². The fraction of sp³-hybridized carbons (Fsp3) is 0.394. The molecule has 1 N–H and O–H groups in total. The first-order valence-corrected chi connectivity index (χ1v) is 15.5. The molecule has 228 valence electrons. The van der Waals surface area contributed by atoms with E-state index in [2.05, 4.69) is 21.4 Å². The van der Waals surface area contributed by atoms with Crippen LogP contribution in [0.3, 0.4) is 0 Å². The molecule has 5 heterocycles. The number of aromatic nitrogens is 3. The zero-order chi connectivity index (χ0) is 30.6. The first-order valence-electron chi connectivity index (χ1n) is 15.1. The Hall–Kier alpha value is -4.02. The molecule has 4 aromatic rings. The first kappa shape index (κ1) is 28.7. The summed E-state index contributed by atoms with van der Waals surface area (Å²) in [7, 11) is 1.89. The fourth-order valence-electron chi connectivity index (χ4n) is 7.32. The highest BCUT2D eigenvalue weighted by molar-refractivity contribution is 6.36. The van der Waals surface area contributed by atoms with Crippen LogP contribution in [0.15, 0.2) is 49.2 Å². The Labute approximate surface area is 259 Å². The van der Waals surface area contributed by atoms with Crippen LogP contribution in [-0.4, -0.2) is 87.2 Å². The smallest absolute Gasteiger partial charge is 0.319 e. The summed E-state index contributed by atoms with van der Waals surface area (Å²) in [4.78, 5) is 32.5. The predicted molar refractivity (Wildman–Crippen MR) is 169 cm³/mol. The summed E-state index contributed by atoms with van der Waals surface area (Å²) in [5.74, 6) is -0.330. The number of phenolic OH excluding ortho intramolecular Hbond substituents is 1. The Balaban J connectivity index is 1.34. The first-order chi connectivity index (χ1) is 21.3. The average molecular weight is 617 g/mol. The monoisotopic (exact) mass is 616 g/mol. The lowest BCUT2D eigenvalue weighted by Crippen LogP contribution is -2.43. The molecule has 0 aliphatic carbocycles. The van der Waals surface area contributed by atoms with E-state index in [1.165, 1.54) is 12.1 Å². The molecule has 3 aliphatic rings. The van der Waals surface area contributed by atoms with Gasteiger partial charge in [0, 0.05) is 48.3 Å². The summed E-state index contributed by atoms with van der Waals surface area (Å²) >= 11 is 6.57. The van der Waals surface area contributed by atoms with E-state index >= 15 is 4.39 Å². The number of aromatic hydroxyl groups is 1. The van der Waals surface area contributed by atoms with E-state index in [-0.39, 0.29) is 40.5 Å². The molecule has 0 bridgehead atoms. The van der Waals surface area contributed by atoms with Crippen LogP contribution in [0.1, 0.15) is 32.1 Å². The quantitative estimate of drug-likeness (QED) is 0.269. The minimum Gasteiger partial charge on any atom is -0.508 e. The molecule has 3 saturated heterocycles. The van der Waals surface area contributed by atoms with Gasteiger partial charge in [0.05, 0.1) is 10.9 Å². The van der Waals surface area contributed by atoms with Gasteiger partial charge < -0.3 is 19.6 Å². The molecule has 1 amide bonds. The van der Waals surface area contributed by atoms with Crippen LogP contribution >= 0.6 is 11.6 Å². The topological polar surface area (TPSA) is 94.9 Å². The van der Waals surface area contributed by atoms with Crippen LogP contribution in [0.4, 0.5) is 10.2 Å². The Kier molecular flexibility index (Phi) is 7.29. The molecule has 44 heavy (non-hydrogen) atoms. The maximum atomic E-state index is 16.7. The highest BCUT2D eigenvalue weighted by Gasteiger charge is 2.45. The van der Waals surface area contributed by atoms with Gasteiger partial charge in [-0.25, -0.2) is 4.39 Å². The van der Waals surface area contributed by atoms with Crippen molar-refractivity contribution in [3.63, 3.8) is 0 Å². The molecule has 3 aliphatic heterocycles. The molecule has 0 saturated carbocycles. The number of rotatable bonds is 7. The molecule has 0 spiro atoms. The highest BCUT2D eigenvalue weighted by atomic mass is 35.5. The number of halogens is 2. The number of pyridine rings is 1. The van der Waals surface area contributed by atoms with Gasteiger partial charge in [0.15, 0.2) is 5.82 Å². The number of phenols is 1. The minimum absolute atomic E-state index is 0.0183. The summed E-state index contributed by atoms with van der Waals surface area (Å²) in [6, 6.07) is 8.40. The summed E-state index contributed by atoms with van der Waals surface area (Å²) in [6.45, 7) is 7.24. The standard InChI is InChI=1S/C33H34ClFN6O3/c1-3-26(43)40-14-9-21(18-40)39(2)31-24-17-36-29(23-16-22(42)15-20-7-4-8-25(34)27(20)23)28(35)30(24)37-32(38-31)44-19-33-10-5-12-41(33)13-6-11-33/h3-4,7-8,15-17,21,42H,1,5-6,9-14,18-19H2,2H3. The number of ether oxygens (including phenoxy) is 1. The van der Waals surface area contributed by atoms with Crippen LogP contribution < -0.4 is 9.64 Å². The van der Waals surface area contributed by atoms with Gasteiger partial charge in [-0.3, -0.25) is 14.7 Å². The lowest BCUT2D eigenvalue weighted by atomic mass is 9.95. The van der Waals surface area contributed by atoms with Gasteiger partial charge in [0.2, 0.25) is 5.91 Å². The number of benzene rings is 2. The zero-order valence-electron chi connectivity index (χ0n) is 24.6. The number of carbonyl (C=O) groups excluding carboxylic acids is 1. The number of nitrogens with zero attached hydrogens (tertiary/aromatic N) is 6. The third-order valence-electron chi connectivity index (χ3n) is 9.62.